The number of phenolic OH excluding ortho intramolecular Hbond substituents is 2. The number of nitrogen functional groups attached to an aromatic ring is 1. The average molecular weight is 792 g/mol. The Kier molecular flexibility index (Phi) is 11.8. The molecule has 0 spiro atoms. The quantitative estimate of drug-likeness (QED) is 0.0262. The molecule has 0 fully saturated rings. The van der Waals surface area contributed by atoms with Crippen molar-refractivity contribution in [2.45, 2.75) is 9.79 Å². The number of hydrogen-bond donors (Lipinski definition) is 5. The van der Waals surface area contributed by atoms with E-state index in [4.69, 9.17) is 5.73 Å². The summed E-state index contributed by atoms with van der Waals surface area (Å²) in [5.74, 6) is -0.821. The van der Waals surface area contributed by atoms with Crippen molar-refractivity contribution in [1.29, 1.82) is 0 Å². The fourth-order valence-electron chi connectivity index (χ4n) is 5.04. The molecule has 0 aliphatic rings. The Morgan fingerprint density at radius 2 is 0.927 bits per heavy atom. The van der Waals surface area contributed by atoms with Crippen LogP contribution in [-0.4, -0.2) is 41.1 Å². The van der Waals surface area contributed by atoms with Gasteiger partial charge in [0.1, 0.15) is 26.9 Å². The Morgan fingerprint density at radius 1 is 0.564 bits per heavy atom. The van der Waals surface area contributed by atoms with Gasteiger partial charge in [0.2, 0.25) is 0 Å². The van der Waals surface area contributed by atoms with Crippen LogP contribution >= 0.6 is 0 Å². The molecule has 0 bridgehead atoms. The first-order valence-electron chi connectivity index (χ1n) is 15.1. The molecule has 6 aromatic rings. The third kappa shape index (κ3) is 9.21. The molecule has 0 heterocycles. The SMILES string of the molecule is Nc1c(N=Nc2ccc([N+](=O)[O-])cc2)c(S(=O)(=O)O)cc2cc(S(=O)(=O)O)c(N=Nc3ccc(-c4ccc(N=Nc5ccc(O)cc5)cc4)cc3)c(O)c12.[Na+]. The molecule has 0 radical (unpaired) electrons. The molecule has 0 unspecified atom stereocenters. The summed E-state index contributed by atoms with van der Waals surface area (Å²) in [6.45, 7) is 0. The van der Waals surface area contributed by atoms with Crippen molar-refractivity contribution in [1.82, 2.24) is 0 Å². The summed E-state index contributed by atoms with van der Waals surface area (Å²) in [4.78, 5) is 8.42. The van der Waals surface area contributed by atoms with E-state index in [0.29, 0.717) is 11.4 Å². The van der Waals surface area contributed by atoms with E-state index in [1.54, 1.807) is 48.5 Å². The second-order valence-electron chi connectivity index (χ2n) is 11.2. The standard InChI is InChI=1S/C34H24N8O10S2.Na/c35-31-30-21(17-28(53(47,48)49)32(31)40-38-24-9-13-26(14-10-24)42(45)46)18-29(54(50,51)52)33(34(30)44)41-39-23-7-3-20(4-8-23)19-1-5-22(6-2-19)36-37-25-11-15-27(43)16-12-25;/h1-18,43-44H,35H2,(H,47,48,49)(H,50,51,52);/q;+1. The Morgan fingerprint density at radius 3 is 1.35 bits per heavy atom. The number of fused-ring (bicyclic) bond motifs is 1. The molecular weight excluding hydrogens is 768 g/mol. The van der Waals surface area contributed by atoms with Crippen molar-refractivity contribution >= 4 is 76.5 Å². The summed E-state index contributed by atoms with van der Waals surface area (Å²) in [6, 6.07) is 26.0. The minimum absolute atomic E-state index is 0. The first-order valence-corrected chi connectivity index (χ1v) is 18.0. The van der Waals surface area contributed by atoms with Crippen molar-refractivity contribution in [3.8, 4) is 22.6 Å². The molecular formula is C34H24N8NaO10S2+. The van der Waals surface area contributed by atoms with E-state index < -0.39 is 57.8 Å². The maximum atomic E-state index is 12.4. The second-order valence-corrected chi connectivity index (χ2v) is 14.0. The molecule has 272 valence electrons. The normalized spacial score (nSPS) is 12.1. The molecule has 0 atom stereocenters. The van der Waals surface area contributed by atoms with E-state index in [1.807, 2.05) is 12.1 Å². The first-order chi connectivity index (χ1) is 25.6. The number of phenols is 2. The topological polar surface area (TPSA) is 293 Å². The zero-order valence-corrected chi connectivity index (χ0v) is 31.8. The van der Waals surface area contributed by atoms with Crippen LogP contribution in [0.15, 0.2) is 150 Å². The van der Waals surface area contributed by atoms with Crippen molar-refractivity contribution in [2.75, 3.05) is 5.73 Å². The van der Waals surface area contributed by atoms with E-state index in [1.165, 1.54) is 24.3 Å². The smallest absolute Gasteiger partial charge is 0.508 e. The molecule has 18 nitrogen and oxygen atoms in total. The number of anilines is 1. The molecule has 0 aliphatic heterocycles. The van der Waals surface area contributed by atoms with Crippen molar-refractivity contribution in [3.63, 3.8) is 0 Å². The largest absolute Gasteiger partial charge is 1.00 e. The number of non-ortho nitro benzene ring substituents is 1. The summed E-state index contributed by atoms with van der Waals surface area (Å²) < 4.78 is 69.5. The predicted octanol–water partition coefficient (Wildman–Crippen LogP) is 6.15. The molecule has 6 aromatic carbocycles. The van der Waals surface area contributed by atoms with Crippen LogP contribution in [0.5, 0.6) is 11.5 Å². The molecule has 0 aliphatic carbocycles. The van der Waals surface area contributed by atoms with Gasteiger partial charge in [-0.2, -0.15) is 37.3 Å². The average Bonchev–Trinajstić information content (AvgIpc) is 3.13. The fraction of sp³-hybridized carbons (Fsp3) is 0. The first kappa shape index (κ1) is 40.2. The Labute approximate surface area is 333 Å². The maximum absolute atomic E-state index is 12.4. The maximum Gasteiger partial charge on any atom is 1.00 e. The molecule has 6 rings (SSSR count). The van der Waals surface area contributed by atoms with Gasteiger partial charge < -0.3 is 15.9 Å². The van der Waals surface area contributed by atoms with E-state index >= 15 is 0 Å². The third-order valence-electron chi connectivity index (χ3n) is 7.66. The van der Waals surface area contributed by atoms with Crippen LogP contribution in [0, 0.1) is 10.1 Å². The van der Waals surface area contributed by atoms with Gasteiger partial charge >= 0.3 is 29.6 Å². The van der Waals surface area contributed by atoms with E-state index in [0.717, 1.165) is 35.4 Å². The van der Waals surface area contributed by atoms with Gasteiger partial charge in [0.05, 0.1) is 38.7 Å². The summed E-state index contributed by atoms with van der Waals surface area (Å²) in [5.41, 5.74) is 6.91. The van der Waals surface area contributed by atoms with Gasteiger partial charge in [-0.3, -0.25) is 19.2 Å². The van der Waals surface area contributed by atoms with Gasteiger partial charge in [0.15, 0.2) is 5.75 Å². The van der Waals surface area contributed by atoms with E-state index in [2.05, 4.69) is 30.7 Å². The van der Waals surface area contributed by atoms with Crippen LogP contribution in [0.3, 0.4) is 0 Å². The third-order valence-corrected chi connectivity index (χ3v) is 9.39. The number of aromatic hydroxyl groups is 2. The number of nitro groups is 1. The second kappa shape index (κ2) is 16.2. The number of hydrogen-bond acceptors (Lipinski definition) is 15. The van der Waals surface area contributed by atoms with Crippen LogP contribution in [0.2, 0.25) is 0 Å². The van der Waals surface area contributed by atoms with Crippen molar-refractivity contribution < 1.29 is 70.6 Å². The van der Waals surface area contributed by atoms with E-state index in [-0.39, 0.29) is 63.1 Å². The number of nitrogens with zero attached hydrogens (tertiary/aromatic N) is 7. The zero-order chi connectivity index (χ0) is 38.8. The predicted molar refractivity (Wildman–Crippen MR) is 195 cm³/mol. The Bertz CT molecular complexity index is 2750. The molecule has 6 N–H and O–H groups in total. The molecule has 0 amide bonds. The van der Waals surface area contributed by atoms with Crippen molar-refractivity contribution in [3.05, 3.63) is 119 Å². The molecule has 21 heteroatoms. The van der Waals surface area contributed by atoms with Gasteiger partial charge in [-0.05, 0) is 89.3 Å². The van der Waals surface area contributed by atoms with Crippen LogP contribution in [0.25, 0.3) is 21.9 Å². The fourth-order valence-corrected chi connectivity index (χ4v) is 6.37. The minimum atomic E-state index is -5.13. The zero-order valence-electron chi connectivity index (χ0n) is 28.2. The van der Waals surface area contributed by atoms with Crippen LogP contribution < -0.4 is 35.3 Å². The number of nitro benzene ring substituents is 1. The minimum Gasteiger partial charge on any atom is -0.508 e. The van der Waals surface area contributed by atoms with Gasteiger partial charge in [-0.15, -0.1) is 10.2 Å². The Hall–Kier alpha value is -6.00. The summed E-state index contributed by atoms with van der Waals surface area (Å²) >= 11 is 0. The molecule has 55 heavy (non-hydrogen) atoms. The van der Waals surface area contributed by atoms with Crippen molar-refractivity contribution in [2.24, 2.45) is 30.7 Å². The molecule has 0 aromatic heterocycles. The van der Waals surface area contributed by atoms with Gasteiger partial charge in [0.25, 0.3) is 25.9 Å². The summed E-state index contributed by atoms with van der Waals surface area (Å²) in [7, 11) is -10.2. The van der Waals surface area contributed by atoms with Gasteiger partial charge in [-0.1, -0.05) is 24.3 Å². The van der Waals surface area contributed by atoms with Crippen LogP contribution in [0.4, 0.5) is 45.5 Å². The van der Waals surface area contributed by atoms with Gasteiger partial charge in [0, 0.05) is 12.1 Å². The molecule has 0 saturated carbocycles. The number of nitrogens with two attached hydrogens (primary N) is 1. The number of rotatable bonds is 10. The monoisotopic (exact) mass is 791 g/mol. The van der Waals surface area contributed by atoms with Crippen LogP contribution in [-0.2, 0) is 20.2 Å². The number of benzene rings is 6. The summed E-state index contributed by atoms with van der Waals surface area (Å²) in [5, 5.41) is 54.7. The summed E-state index contributed by atoms with van der Waals surface area (Å²) in [6.07, 6.45) is 0. The number of azo groups is 3. The Balaban J connectivity index is 0.00000580. The van der Waals surface area contributed by atoms with Gasteiger partial charge in [-0.25, -0.2) is 0 Å². The van der Waals surface area contributed by atoms with Crippen LogP contribution in [0.1, 0.15) is 0 Å². The van der Waals surface area contributed by atoms with E-state index in [9.17, 15) is 46.3 Å². The molecule has 0 saturated heterocycles.